The van der Waals surface area contributed by atoms with Crippen molar-refractivity contribution in [2.45, 2.75) is 19.4 Å². The number of nitrogens with zero attached hydrogens (tertiary/aromatic N) is 2. The number of benzene rings is 2. The Hall–Kier alpha value is -3.55. The highest BCUT2D eigenvalue weighted by atomic mass is 16.5. The van der Waals surface area contributed by atoms with E-state index in [4.69, 9.17) is 18.6 Å². The summed E-state index contributed by atoms with van der Waals surface area (Å²) >= 11 is 0. The van der Waals surface area contributed by atoms with Crippen LogP contribution in [0.25, 0.3) is 11.5 Å². The number of carbonyl (C=O) groups excluding carboxylic acids is 1. The van der Waals surface area contributed by atoms with Gasteiger partial charge in [-0.25, -0.2) is 0 Å². The quantitative estimate of drug-likeness (QED) is 0.593. The Balaban J connectivity index is 1.50. The largest absolute Gasteiger partial charge is 0.497 e. The summed E-state index contributed by atoms with van der Waals surface area (Å²) in [5.41, 5.74) is 1.71. The van der Waals surface area contributed by atoms with Crippen LogP contribution in [-0.2, 0) is 17.8 Å². The molecule has 0 atom stereocenters. The first-order chi connectivity index (χ1) is 14.1. The number of hydrogen-bond acceptors (Lipinski definition) is 7. The van der Waals surface area contributed by atoms with Gasteiger partial charge in [0, 0.05) is 24.9 Å². The third-order valence-electron chi connectivity index (χ3n) is 4.31. The van der Waals surface area contributed by atoms with E-state index in [-0.39, 0.29) is 12.3 Å². The predicted molar refractivity (Wildman–Crippen MR) is 106 cm³/mol. The molecule has 3 aromatic rings. The fourth-order valence-electron chi connectivity index (χ4n) is 2.70. The first-order valence-corrected chi connectivity index (χ1v) is 9.07. The summed E-state index contributed by atoms with van der Waals surface area (Å²) in [6.45, 7) is 0.389. The average Bonchev–Trinajstić information content (AvgIpc) is 3.25. The molecule has 0 radical (unpaired) electrons. The minimum Gasteiger partial charge on any atom is -0.497 e. The third-order valence-corrected chi connectivity index (χ3v) is 4.31. The van der Waals surface area contributed by atoms with Crippen LogP contribution in [0, 0.1) is 0 Å². The van der Waals surface area contributed by atoms with Gasteiger partial charge in [-0.1, -0.05) is 6.07 Å². The maximum atomic E-state index is 12.1. The number of hydrogen-bond donors (Lipinski definition) is 1. The van der Waals surface area contributed by atoms with Gasteiger partial charge in [-0.3, -0.25) is 4.79 Å². The smallest absolute Gasteiger partial charge is 0.247 e. The first-order valence-electron chi connectivity index (χ1n) is 9.07. The molecule has 2 aromatic carbocycles. The van der Waals surface area contributed by atoms with Gasteiger partial charge in [0.15, 0.2) is 11.5 Å². The molecule has 3 rings (SSSR count). The molecule has 0 aliphatic carbocycles. The zero-order valence-electron chi connectivity index (χ0n) is 16.6. The fourth-order valence-corrected chi connectivity index (χ4v) is 2.70. The summed E-state index contributed by atoms with van der Waals surface area (Å²) in [6.07, 6.45) is 0.610. The lowest BCUT2D eigenvalue weighted by atomic mass is 10.2. The van der Waals surface area contributed by atoms with Crippen LogP contribution >= 0.6 is 0 Å². The number of nitrogens with one attached hydrogen (secondary N) is 1. The number of aryl methyl sites for hydroxylation is 1. The van der Waals surface area contributed by atoms with Crippen LogP contribution in [0.3, 0.4) is 0 Å². The van der Waals surface area contributed by atoms with Gasteiger partial charge in [-0.15, -0.1) is 10.2 Å². The summed E-state index contributed by atoms with van der Waals surface area (Å²) in [5, 5.41) is 10.9. The van der Waals surface area contributed by atoms with Gasteiger partial charge >= 0.3 is 0 Å². The summed E-state index contributed by atoms with van der Waals surface area (Å²) < 4.78 is 21.2. The third kappa shape index (κ3) is 5.25. The zero-order chi connectivity index (χ0) is 20.6. The van der Waals surface area contributed by atoms with Crippen molar-refractivity contribution in [1.82, 2.24) is 15.5 Å². The van der Waals surface area contributed by atoms with Crippen LogP contribution in [0.15, 0.2) is 46.9 Å². The Morgan fingerprint density at radius 2 is 1.72 bits per heavy atom. The average molecular weight is 397 g/mol. The van der Waals surface area contributed by atoms with E-state index in [9.17, 15) is 4.79 Å². The van der Waals surface area contributed by atoms with Gasteiger partial charge in [0.05, 0.1) is 21.3 Å². The van der Waals surface area contributed by atoms with Crippen molar-refractivity contribution in [2.24, 2.45) is 0 Å². The Kier molecular flexibility index (Phi) is 6.67. The molecule has 8 heteroatoms. The lowest BCUT2D eigenvalue weighted by Crippen LogP contribution is -2.23. The van der Waals surface area contributed by atoms with E-state index in [1.54, 1.807) is 27.4 Å². The van der Waals surface area contributed by atoms with Crippen LogP contribution < -0.4 is 19.5 Å². The monoisotopic (exact) mass is 397 g/mol. The molecule has 0 aliphatic rings. The summed E-state index contributed by atoms with van der Waals surface area (Å²) in [5.74, 6) is 2.73. The van der Waals surface area contributed by atoms with E-state index in [1.165, 1.54) is 0 Å². The zero-order valence-corrected chi connectivity index (χ0v) is 16.6. The normalized spacial score (nSPS) is 10.4. The number of aromatic nitrogens is 2. The van der Waals surface area contributed by atoms with Crippen molar-refractivity contribution in [3.63, 3.8) is 0 Å². The Morgan fingerprint density at radius 1 is 0.966 bits per heavy atom. The van der Waals surface area contributed by atoms with Gasteiger partial charge in [0.25, 0.3) is 0 Å². The maximum absolute atomic E-state index is 12.1. The van der Waals surface area contributed by atoms with Crippen LogP contribution in [0.2, 0.25) is 0 Å². The molecule has 152 valence electrons. The summed E-state index contributed by atoms with van der Waals surface area (Å²) in [6, 6.07) is 12.8. The number of rotatable bonds is 9. The van der Waals surface area contributed by atoms with Crippen molar-refractivity contribution in [2.75, 3.05) is 21.3 Å². The molecule has 1 heterocycles. The SMILES string of the molecule is COc1ccc(-c2nnc(CCC(=O)NCc3ccc(OC)c(OC)c3)o2)cc1. The lowest BCUT2D eigenvalue weighted by molar-refractivity contribution is -0.121. The molecule has 29 heavy (non-hydrogen) atoms. The van der Waals surface area contributed by atoms with Crippen LogP contribution in [-0.4, -0.2) is 37.4 Å². The molecule has 0 fully saturated rings. The Labute approximate surface area is 168 Å². The first kappa shape index (κ1) is 20.2. The highest BCUT2D eigenvalue weighted by molar-refractivity contribution is 5.76. The molecule has 8 nitrogen and oxygen atoms in total. The summed E-state index contributed by atoms with van der Waals surface area (Å²) in [7, 11) is 4.76. The van der Waals surface area contributed by atoms with Crippen molar-refractivity contribution < 1.29 is 23.4 Å². The number of ether oxygens (including phenoxy) is 3. The topological polar surface area (TPSA) is 95.7 Å². The molecular formula is C21H23N3O5. The van der Waals surface area contributed by atoms with Crippen molar-refractivity contribution >= 4 is 5.91 Å². The minimum atomic E-state index is -0.107. The van der Waals surface area contributed by atoms with E-state index < -0.39 is 0 Å². The molecule has 0 bridgehead atoms. The van der Waals surface area contributed by atoms with Gasteiger partial charge in [0.1, 0.15) is 5.75 Å². The second-order valence-electron chi connectivity index (χ2n) is 6.20. The predicted octanol–water partition coefficient (Wildman–Crippen LogP) is 3.01. The number of amides is 1. The molecule has 1 aromatic heterocycles. The summed E-state index contributed by atoms with van der Waals surface area (Å²) in [4.78, 5) is 12.1. The van der Waals surface area contributed by atoms with Crippen LogP contribution in [0.5, 0.6) is 17.2 Å². The molecule has 0 spiro atoms. The second-order valence-corrected chi connectivity index (χ2v) is 6.20. The van der Waals surface area contributed by atoms with Crippen molar-refractivity contribution in [3.8, 4) is 28.7 Å². The molecule has 0 aliphatic heterocycles. The molecule has 0 saturated carbocycles. The lowest BCUT2D eigenvalue weighted by Gasteiger charge is -2.10. The molecule has 0 saturated heterocycles. The van der Waals surface area contributed by atoms with E-state index in [0.717, 1.165) is 16.9 Å². The Morgan fingerprint density at radius 3 is 2.41 bits per heavy atom. The number of methoxy groups -OCH3 is 3. The molecule has 0 unspecified atom stereocenters. The van der Waals surface area contributed by atoms with Crippen molar-refractivity contribution in [1.29, 1.82) is 0 Å². The maximum Gasteiger partial charge on any atom is 0.247 e. The van der Waals surface area contributed by atoms with E-state index in [1.807, 2.05) is 36.4 Å². The van der Waals surface area contributed by atoms with E-state index in [2.05, 4.69) is 15.5 Å². The molecular weight excluding hydrogens is 374 g/mol. The van der Waals surface area contributed by atoms with Gasteiger partial charge in [-0.2, -0.15) is 0 Å². The number of carbonyl (C=O) groups is 1. The highest BCUT2D eigenvalue weighted by Crippen LogP contribution is 2.27. The van der Waals surface area contributed by atoms with E-state index >= 15 is 0 Å². The van der Waals surface area contributed by atoms with Gasteiger partial charge in [0.2, 0.25) is 17.7 Å². The van der Waals surface area contributed by atoms with Crippen LogP contribution in [0.1, 0.15) is 17.9 Å². The van der Waals surface area contributed by atoms with Gasteiger partial charge < -0.3 is 23.9 Å². The minimum absolute atomic E-state index is 0.107. The van der Waals surface area contributed by atoms with Crippen molar-refractivity contribution in [3.05, 3.63) is 53.9 Å². The van der Waals surface area contributed by atoms with E-state index in [0.29, 0.717) is 36.2 Å². The highest BCUT2D eigenvalue weighted by Gasteiger charge is 2.11. The van der Waals surface area contributed by atoms with Crippen LogP contribution in [0.4, 0.5) is 0 Å². The molecule has 1 amide bonds. The fraction of sp³-hybridized carbons (Fsp3) is 0.286. The Bertz CT molecular complexity index is 953. The standard InChI is InChI=1S/C21H23N3O5/c1-26-16-7-5-15(6-8-16)21-24-23-20(29-21)11-10-19(25)22-13-14-4-9-17(27-2)18(12-14)28-3/h4-9,12H,10-11,13H2,1-3H3,(H,22,25). The molecule has 1 N–H and O–H groups in total. The van der Waals surface area contributed by atoms with Gasteiger partial charge in [-0.05, 0) is 42.0 Å². The second kappa shape index (κ2) is 9.59.